The van der Waals surface area contributed by atoms with Crippen LogP contribution in [0.25, 0.3) is 0 Å². The first kappa shape index (κ1) is 13.9. The molecule has 0 saturated heterocycles. The molecule has 0 aliphatic carbocycles. The Morgan fingerprint density at radius 3 is 2.39 bits per heavy atom. The maximum absolute atomic E-state index is 13.4. The molecule has 1 aromatic carbocycles. The van der Waals surface area contributed by atoms with Gasteiger partial charge in [0.2, 0.25) is 0 Å². The van der Waals surface area contributed by atoms with Crippen LogP contribution < -0.4 is 4.90 Å². The molecule has 0 aromatic heterocycles. The first-order chi connectivity index (χ1) is 8.32. The van der Waals surface area contributed by atoms with E-state index in [1.807, 2.05) is 0 Å². The Bertz CT molecular complexity index is 478. The zero-order valence-electron chi connectivity index (χ0n) is 9.43. The lowest BCUT2D eigenvalue weighted by molar-refractivity contribution is -0.145. The number of aliphatic carboxylic acids is 2. The van der Waals surface area contributed by atoms with Crippen LogP contribution in [-0.4, -0.2) is 35.2 Å². The van der Waals surface area contributed by atoms with Gasteiger partial charge in [0.25, 0.3) is 0 Å². The van der Waals surface area contributed by atoms with E-state index in [1.54, 1.807) is 0 Å². The summed E-state index contributed by atoms with van der Waals surface area (Å²) in [5, 5.41) is 17.5. The van der Waals surface area contributed by atoms with Crippen molar-refractivity contribution in [2.75, 3.05) is 11.9 Å². The van der Waals surface area contributed by atoms with Crippen molar-refractivity contribution in [3.8, 4) is 0 Å². The van der Waals surface area contributed by atoms with E-state index in [0.29, 0.717) is 6.07 Å². The fourth-order valence-electron chi connectivity index (χ4n) is 1.49. The van der Waals surface area contributed by atoms with Gasteiger partial charge in [0.15, 0.2) is 0 Å². The molecule has 1 atom stereocenters. The minimum atomic E-state index is -1.43. The predicted molar refractivity (Wildman–Crippen MR) is 58.4 cm³/mol. The molecule has 1 unspecified atom stereocenters. The van der Waals surface area contributed by atoms with Gasteiger partial charge in [0.1, 0.15) is 17.7 Å². The lowest BCUT2D eigenvalue weighted by atomic mass is 10.1. The van der Waals surface area contributed by atoms with E-state index >= 15 is 0 Å². The van der Waals surface area contributed by atoms with Crippen molar-refractivity contribution in [1.82, 2.24) is 0 Å². The van der Waals surface area contributed by atoms with Crippen LogP contribution in [0, 0.1) is 11.6 Å². The third-order valence-corrected chi connectivity index (χ3v) is 2.41. The van der Waals surface area contributed by atoms with Crippen LogP contribution in [0.1, 0.15) is 6.42 Å². The third-order valence-electron chi connectivity index (χ3n) is 2.41. The summed E-state index contributed by atoms with van der Waals surface area (Å²) in [6.07, 6.45) is -0.692. The van der Waals surface area contributed by atoms with Crippen molar-refractivity contribution < 1.29 is 28.6 Å². The summed E-state index contributed by atoms with van der Waals surface area (Å²) >= 11 is 0. The Hall–Kier alpha value is -2.18. The molecule has 7 heteroatoms. The number of likely N-dealkylation sites (N-methyl/N-ethyl adjacent to an activating group) is 1. The van der Waals surface area contributed by atoms with E-state index in [2.05, 4.69) is 0 Å². The number of carboxylic acid groups (broad SMARTS) is 2. The quantitative estimate of drug-likeness (QED) is 0.834. The Labute approximate surface area is 101 Å². The molecule has 0 spiro atoms. The highest BCUT2D eigenvalue weighted by Gasteiger charge is 2.27. The zero-order chi connectivity index (χ0) is 13.9. The number of anilines is 1. The van der Waals surface area contributed by atoms with Crippen LogP contribution in [0.5, 0.6) is 0 Å². The number of hydrogen-bond acceptors (Lipinski definition) is 3. The summed E-state index contributed by atoms with van der Waals surface area (Å²) in [6.45, 7) is 0. The topological polar surface area (TPSA) is 77.8 Å². The summed E-state index contributed by atoms with van der Waals surface area (Å²) in [5.41, 5.74) is -0.176. The predicted octanol–water partition coefficient (Wildman–Crippen LogP) is 1.33. The Morgan fingerprint density at radius 1 is 1.33 bits per heavy atom. The van der Waals surface area contributed by atoms with Crippen LogP contribution in [-0.2, 0) is 9.59 Å². The highest BCUT2D eigenvalue weighted by Crippen LogP contribution is 2.22. The standard InChI is InChI=1S/C11H11F2NO4/c1-14(9(11(17)18)5-10(15)16)8-3-2-6(12)4-7(8)13/h2-4,9H,5H2,1H3,(H,15,16)(H,17,18). The smallest absolute Gasteiger partial charge is 0.326 e. The van der Waals surface area contributed by atoms with Crippen LogP contribution in [0.3, 0.4) is 0 Å². The molecule has 2 N–H and O–H groups in total. The molecule has 0 radical (unpaired) electrons. The largest absolute Gasteiger partial charge is 0.481 e. The van der Waals surface area contributed by atoms with Crippen molar-refractivity contribution in [3.05, 3.63) is 29.8 Å². The monoisotopic (exact) mass is 259 g/mol. The number of carboxylic acids is 2. The Balaban J connectivity index is 3.05. The summed E-state index contributed by atoms with van der Waals surface area (Å²) < 4.78 is 26.2. The van der Waals surface area contributed by atoms with Gasteiger partial charge in [-0.2, -0.15) is 0 Å². The van der Waals surface area contributed by atoms with Gasteiger partial charge in [-0.25, -0.2) is 13.6 Å². The number of benzene rings is 1. The second kappa shape index (κ2) is 5.44. The van der Waals surface area contributed by atoms with Crippen LogP contribution in [0.4, 0.5) is 14.5 Å². The molecule has 18 heavy (non-hydrogen) atoms. The van der Waals surface area contributed by atoms with Gasteiger partial charge in [-0.3, -0.25) is 4.79 Å². The fraction of sp³-hybridized carbons (Fsp3) is 0.273. The van der Waals surface area contributed by atoms with E-state index < -0.39 is 36.0 Å². The first-order valence-corrected chi connectivity index (χ1v) is 4.95. The van der Waals surface area contributed by atoms with Crippen LogP contribution >= 0.6 is 0 Å². The average Bonchev–Trinajstić information content (AvgIpc) is 2.24. The Morgan fingerprint density at radius 2 is 1.94 bits per heavy atom. The number of halogens is 2. The zero-order valence-corrected chi connectivity index (χ0v) is 9.43. The normalized spacial score (nSPS) is 11.9. The van der Waals surface area contributed by atoms with Gasteiger partial charge in [-0.1, -0.05) is 0 Å². The lowest BCUT2D eigenvalue weighted by Crippen LogP contribution is -2.40. The number of carbonyl (C=O) groups is 2. The summed E-state index contributed by atoms with van der Waals surface area (Å²) in [6, 6.07) is 1.20. The second-order valence-corrected chi connectivity index (χ2v) is 3.66. The van der Waals surface area contributed by atoms with Gasteiger partial charge in [-0.05, 0) is 12.1 Å². The molecule has 0 amide bonds. The number of hydrogen-bond donors (Lipinski definition) is 2. The van der Waals surface area contributed by atoms with Crippen LogP contribution in [0.2, 0.25) is 0 Å². The van der Waals surface area contributed by atoms with E-state index in [0.717, 1.165) is 17.0 Å². The summed E-state index contributed by atoms with van der Waals surface area (Å²) in [5.74, 6) is -4.47. The highest BCUT2D eigenvalue weighted by atomic mass is 19.1. The van der Waals surface area contributed by atoms with Crippen molar-refractivity contribution in [3.63, 3.8) is 0 Å². The van der Waals surface area contributed by atoms with E-state index in [1.165, 1.54) is 7.05 Å². The molecule has 98 valence electrons. The van der Waals surface area contributed by atoms with Crippen LogP contribution in [0.15, 0.2) is 18.2 Å². The van der Waals surface area contributed by atoms with Crippen molar-refractivity contribution >= 4 is 17.6 Å². The second-order valence-electron chi connectivity index (χ2n) is 3.66. The minimum Gasteiger partial charge on any atom is -0.481 e. The van der Waals surface area contributed by atoms with Crippen molar-refractivity contribution in [2.45, 2.75) is 12.5 Å². The maximum Gasteiger partial charge on any atom is 0.326 e. The van der Waals surface area contributed by atoms with Crippen molar-refractivity contribution in [2.24, 2.45) is 0 Å². The van der Waals surface area contributed by atoms with Gasteiger partial charge >= 0.3 is 11.9 Å². The molecular weight excluding hydrogens is 248 g/mol. The molecule has 0 aliphatic heterocycles. The molecule has 0 saturated carbocycles. The van der Waals surface area contributed by atoms with Gasteiger partial charge < -0.3 is 15.1 Å². The van der Waals surface area contributed by atoms with Gasteiger partial charge in [0.05, 0.1) is 12.1 Å². The Kier molecular flexibility index (Phi) is 4.19. The summed E-state index contributed by atoms with van der Waals surface area (Å²) in [7, 11) is 1.23. The lowest BCUT2D eigenvalue weighted by Gasteiger charge is -2.25. The highest BCUT2D eigenvalue weighted by molar-refractivity contribution is 5.84. The average molecular weight is 259 g/mol. The van der Waals surface area contributed by atoms with Crippen molar-refractivity contribution in [1.29, 1.82) is 0 Å². The number of nitrogens with zero attached hydrogens (tertiary/aromatic N) is 1. The minimum absolute atomic E-state index is 0.176. The molecule has 0 heterocycles. The molecule has 1 aromatic rings. The molecule has 1 rings (SSSR count). The van der Waals surface area contributed by atoms with Gasteiger partial charge in [0, 0.05) is 13.1 Å². The molecule has 0 fully saturated rings. The maximum atomic E-state index is 13.4. The molecular formula is C11H11F2NO4. The first-order valence-electron chi connectivity index (χ1n) is 4.95. The molecule has 5 nitrogen and oxygen atoms in total. The third kappa shape index (κ3) is 3.16. The van der Waals surface area contributed by atoms with Gasteiger partial charge in [-0.15, -0.1) is 0 Å². The SMILES string of the molecule is CN(c1ccc(F)cc1F)C(CC(=O)O)C(=O)O. The van der Waals surface area contributed by atoms with E-state index in [9.17, 15) is 18.4 Å². The molecule has 0 bridgehead atoms. The molecule has 0 aliphatic rings. The van der Waals surface area contributed by atoms with E-state index in [4.69, 9.17) is 10.2 Å². The fourth-order valence-corrected chi connectivity index (χ4v) is 1.49. The van der Waals surface area contributed by atoms with E-state index in [-0.39, 0.29) is 5.69 Å². The summed E-state index contributed by atoms with van der Waals surface area (Å²) in [4.78, 5) is 22.4. The number of rotatable bonds is 5.